The summed E-state index contributed by atoms with van der Waals surface area (Å²) in [7, 11) is 0. The lowest BCUT2D eigenvalue weighted by Gasteiger charge is -2.08. The fraction of sp³-hybridized carbons (Fsp3) is 0.133. The number of hydrogen-bond acceptors (Lipinski definition) is 2. The monoisotopic (exact) mass is 241 g/mol. The Morgan fingerprint density at radius 3 is 2.11 bits per heavy atom. The van der Waals surface area contributed by atoms with E-state index in [4.69, 9.17) is 5.11 Å². The van der Waals surface area contributed by atoms with E-state index in [2.05, 4.69) is 5.32 Å². The molecule has 1 unspecified atom stereocenters. The summed E-state index contributed by atoms with van der Waals surface area (Å²) < 4.78 is 0. The van der Waals surface area contributed by atoms with Crippen LogP contribution in [0, 0.1) is 0 Å². The molecule has 92 valence electrons. The van der Waals surface area contributed by atoms with Gasteiger partial charge >= 0.3 is 0 Å². The largest absolute Gasteiger partial charge is 0.374 e. The number of amides is 1. The topological polar surface area (TPSA) is 49.3 Å². The Hall–Kier alpha value is -2.13. The van der Waals surface area contributed by atoms with E-state index in [1.165, 1.54) is 6.92 Å². The molecule has 0 aliphatic rings. The second-order valence-corrected chi connectivity index (χ2v) is 4.09. The lowest BCUT2D eigenvalue weighted by molar-refractivity contribution is 0.0819. The number of rotatable bonds is 3. The summed E-state index contributed by atoms with van der Waals surface area (Å²) in [4.78, 5) is 11.6. The molecule has 1 atom stereocenters. The number of aliphatic hydroxyl groups excluding tert-OH is 1. The molecule has 0 fully saturated rings. The molecule has 2 rings (SSSR count). The van der Waals surface area contributed by atoms with Crippen LogP contribution in [-0.4, -0.2) is 17.2 Å². The van der Waals surface area contributed by atoms with Crippen molar-refractivity contribution in [1.29, 1.82) is 0 Å². The van der Waals surface area contributed by atoms with Crippen LogP contribution < -0.4 is 5.32 Å². The second kappa shape index (κ2) is 5.47. The molecule has 18 heavy (non-hydrogen) atoms. The third-order valence-corrected chi connectivity index (χ3v) is 2.59. The van der Waals surface area contributed by atoms with Gasteiger partial charge in [-0.15, -0.1) is 0 Å². The van der Waals surface area contributed by atoms with Crippen LogP contribution in [-0.2, 0) is 0 Å². The third kappa shape index (κ3) is 2.96. The van der Waals surface area contributed by atoms with Crippen molar-refractivity contribution in [3.63, 3.8) is 0 Å². The summed E-state index contributed by atoms with van der Waals surface area (Å²) in [5.41, 5.74) is 2.71. The van der Waals surface area contributed by atoms with Crippen LogP contribution in [0.25, 0.3) is 11.1 Å². The van der Waals surface area contributed by atoms with Crippen LogP contribution in [0.2, 0.25) is 0 Å². The zero-order chi connectivity index (χ0) is 13.0. The van der Waals surface area contributed by atoms with E-state index in [0.29, 0.717) is 5.56 Å². The van der Waals surface area contributed by atoms with Crippen LogP contribution >= 0.6 is 0 Å². The minimum Gasteiger partial charge on any atom is -0.374 e. The van der Waals surface area contributed by atoms with Crippen molar-refractivity contribution in [2.75, 3.05) is 0 Å². The maximum absolute atomic E-state index is 11.6. The predicted octanol–water partition coefficient (Wildman–Crippen LogP) is 2.42. The smallest absolute Gasteiger partial charge is 0.253 e. The highest BCUT2D eigenvalue weighted by Crippen LogP contribution is 2.19. The van der Waals surface area contributed by atoms with Crippen molar-refractivity contribution in [2.24, 2.45) is 0 Å². The van der Waals surface area contributed by atoms with Gasteiger partial charge in [-0.05, 0) is 30.2 Å². The Morgan fingerprint density at radius 1 is 1.00 bits per heavy atom. The molecular formula is C15H15NO2. The molecule has 0 aliphatic heterocycles. The van der Waals surface area contributed by atoms with Gasteiger partial charge in [0.2, 0.25) is 0 Å². The van der Waals surface area contributed by atoms with Crippen molar-refractivity contribution in [2.45, 2.75) is 13.2 Å². The van der Waals surface area contributed by atoms with Gasteiger partial charge in [0.1, 0.15) is 6.23 Å². The summed E-state index contributed by atoms with van der Waals surface area (Å²) >= 11 is 0. The number of hydrogen-bond donors (Lipinski definition) is 2. The number of benzene rings is 2. The number of nitrogens with one attached hydrogen (secondary N) is 1. The van der Waals surface area contributed by atoms with Crippen molar-refractivity contribution in [1.82, 2.24) is 5.32 Å². The SMILES string of the molecule is CC(O)NC(=O)c1ccc(-c2ccccc2)cc1. The van der Waals surface area contributed by atoms with Crippen LogP contribution in [0.3, 0.4) is 0 Å². The molecule has 0 radical (unpaired) electrons. The first-order chi connectivity index (χ1) is 8.66. The second-order valence-electron chi connectivity index (χ2n) is 4.09. The first-order valence-corrected chi connectivity index (χ1v) is 5.81. The molecular weight excluding hydrogens is 226 g/mol. The Labute approximate surface area is 106 Å². The van der Waals surface area contributed by atoms with E-state index in [9.17, 15) is 4.79 Å². The molecule has 2 aromatic carbocycles. The Balaban J connectivity index is 2.18. The van der Waals surface area contributed by atoms with E-state index in [0.717, 1.165) is 11.1 Å². The van der Waals surface area contributed by atoms with E-state index >= 15 is 0 Å². The first kappa shape index (κ1) is 12.3. The van der Waals surface area contributed by atoms with Crippen LogP contribution in [0.4, 0.5) is 0 Å². The maximum atomic E-state index is 11.6. The molecule has 2 aromatic rings. The third-order valence-electron chi connectivity index (χ3n) is 2.59. The summed E-state index contributed by atoms with van der Waals surface area (Å²) in [6.45, 7) is 1.51. The van der Waals surface area contributed by atoms with Crippen LogP contribution in [0.1, 0.15) is 17.3 Å². The summed E-state index contributed by atoms with van der Waals surface area (Å²) in [6, 6.07) is 17.2. The fourth-order valence-corrected chi connectivity index (χ4v) is 1.72. The molecule has 1 amide bonds. The van der Waals surface area contributed by atoms with Gasteiger partial charge in [-0.2, -0.15) is 0 Å². The lowest BCUT2D eigenvalue weighted by Crippen LogP contribution is -2.31. The Bertz CT molecular complexity index is 518. The van der Waals surface area contributed by atoms with Crippen LogP contribution in [0.5, 0.6) is 0 Å². The zero-order valence-corrected chi connectivity index (χ0v) is 10.1. The number of carbonyl (C=O) groups excluding carboxylic acids is 1. The average Bonchev–Trinajstić information content (AvgIpc) is 2.39. The molecule has 3 heteroatoms. The number of carbonyl (C=O) groups is 1. The molecule has 0 saturated heterocycles. The normalized spacial score (nSPS) is 11.9. The average molecular weight is 241 g/mol. The van der Waals surface area contributed by atoms with Crippen molar-refractivity contribution in [3.8, 4) is 11.1 Å². The standard InChI is InChI=1S/C15H15NO2/c1-11(17)16-15(18)14-9-7-13(8-10-14)12-5-3-2-4-6-12/h2-11,17H,1H3,(H,16,18). The molecule has 0 spiro atoms. The Morgan fingerprint density at radius 2 is 1.56 bits per heavy atom. The minimum atomic E-state index is -0.841. The summed E-state index contributed by atoms with van der Waals surface area (Å²) in [5.74, 6) is -0.274. The van der Waals surface area contributed by atoms with Gasteiger partial charge < -0.3 is 10.4 Å². The lowest BCUT2D eigenvalue weighted by atomic mass is 10.0. The van der Waals surface area contributed by atoms with Crippen molar-refractivity contribution < 1.29 is 9.90 Å². The van der Waals surface area contributed by atoms with Gasteiger partial charge in [0.15, 0.2) is 0 Å². The summed E-state index contributed by atoms with van der Waals surface area (Å²) in [6.07, 6.45) is -0.841. The highest BCUT2D eigenvalue weighted by atomic mass is 16.3. The first-order valence-electron chi connectivity index (χ1n) is 5.81. The van der Waals surface area contributed by atoms with Crippen molar-refractivity contribution in [3.05, 3.63) is 60.2 Å². The fourth-order valence-electron chi connectivity index (χ4n) is 1.72. The maximum Gasteiger partial charge on any atom is 0.253 e. The Kier molecular flexibility index (Phi) is 3.75. The number of aliphatic hydroxyl groups is 1. The molecule has 0 bridgehead atoms. The van der Waals surface area contributed by atoms with E-state index in [1.807, 2.05) is 42.5 Å². The van der Waals surface area contributed by atoms with Gasteiger partial charge in [-0.1, -0.05) is 42.5 Å². The van der Waals surface area contributed by atoms with Crippen molar-refractivity contribution >= 4 is 5.91 Å². The van der Waals surface area contributed by atoms with Gasteiger partial charge in [0, 0.05) is 5.56 Å². The van der Waals surface area contributed by atoms with E-state index in [-0.39, 0.29) is 5.91 Å². The molecule has 3 nitrogen and oxygen atoms in total. The van der Waals surface area contributed by atoms with Gasteiger partial charge in [0.25, 0.3) is 5.91 Å². The minimum absolute atomic E-state index is 0.274. The van der Waals surface area contributed by atoms with Gasteiger partial charge in [0.05, 0.1) is 0 Å². The quantitative estimate of drug-likeness (QED) is 0.811. The molecule has 0 aliphatic carbocycles. The molecule has 0 saturated carbocycles. The van der Waals surface area contributed by atoms with Gasteiger partial charge in [-0.3, -0.25) is 4.79 Å². The zero-order valence-electron chi connectivity index (χ0n) is 10.1. The van der Waals surface area contributed by atoms with Crippen LogP contribution in [0.15, 0.2) is 54.6 Å². The van der Waals surface area contributed by atoms with Gasteiger partial charge in [-0.25, -0.2) is 0 Å². The summed E-state index contributed by atoms with van der Waals surface area (Å²) in [5, 5.41) is 11.5. The molecule has 0 heterocycles. The highest BCUT2D eigenvalue weighted by Gasteiger charge is 2.07. The molecule has 2 N–H and O–H groups in total. The van der Waals surface area contributed by atoms with E-state index in [1.54, 1.807) is 12.1 Å². The predicted molar refractivity (Wildman–Crippen MR) is 71.0 cm³/mol. The van der Waals surface area contributed by atoms with E-state index < -0.39 is 6.23 Å². The molecule has 0 aromatic heterocycles. The highest BCUT2D eigenvalue weighted by molar-refractivity contribution is 5.94.